The van der Waals surface area contributed by atoms with Crippen LogP contribution in [0.3, 0.4) is 0 Å². The molecule has 27 heavy (non-hydrogen) atoms. The Morgan fingerprint density at radius 1 is 0.667 bits per heavy atom. The van der Waals surface area contributed by atoms with Crippen molar-refractivity contribution in [1.82, 2.24) is 9.97 Å². The summed E-state index contributed by atoms with van der Waals surface area (Å²) in [5.41, 5.74) is 6.16. The van der Waals surface area contributed by atoms with Crippen LogP contribution in [0.15, 0.2) is 84.9 Å². The molecule has 4 aromatic rings. The molecule has 1 aromatic heterocycles. The second-order valence-corrected chi connectivity index (χ2v) is 6.37. The summed E-state index contributed by atoms with van der Waals surface area (Å²) in [7, 11) is 1.67. The summed E-state index contributed by atoms with van der Waals surface area (Å²) in [6, 6.07) is 28.4. The minimum Gasteiger partial charge on any atom is -0.497 e. The third-order valence-corrected chi connectivity index (χ3v) is 4.56. The highest BCUT2D eigenvalue weighted by Crippen LogP contribution is 2.29. The first-order valence-corrected chi connectivity index (χ1v) is 8.89. The summed E-state index contributed by atoms with van der Waals surface area (Å²) < 4.78 is 5.27. The van der Waals surface area contributed by atoms with E-state index >= 15 is 0 Å². The van der Waals surface area contributed by atoms with Gasteiger partial charge in [0.1, 0.15) is 5.75 Å². The second-order valence-electron chi connectivity index (χ2n) is 6.37. The molecule has 0 unspecified atom stereocenters. The molecular weight excluding hydrogens is 332 g/mol. The molecule has 0 radical (unpaired) electrons. The first kappa shape index (κ1) is 17.0. The van der Waals surface area contributed by atoms with E-state index in [1.165, 1.54) is 5.56 Å². The summed E-state index contributed by atoms with van der Waals surface area (Å²) in [6.07, 6.45) is 0. The summed E-state index contributed by atoms with van der Waals surface area (Å²) in [6.45, 7) is 2.10. The minimum absolute atomic E-state index is 0.724. The maximum Gasteiger partial charge on any atom is 0.160 e. The van der Waals surface area contributed by atoms with Gasteiger partial charge >= 0.3 is 0 Å². The van der Waals surface area contributed by atoms with Gasteiger partial charge in [-0.3, -0.25) is 0 Å². The smallest absolute Gasteiger partial charge is 0.160 e. The van der Waals surface area contributed by atoms with Crippen molar-refractivity contribution < 1.29 is 4.74 Å². The highest BCUT2D eigenvalue weighted by atomic mass is 16.5. The molecule has 0 atom stereocenters. The van der Waals surface area contributed by atoms with Gasteiger partial charge in [0.2, 0.25) is 0 Å². The third kappa shape index (κ3) is 3.58. The Balaban J connectivity index is 1.90. The van der Waals surface area contributed by atoms with Crippen molar-refractivity contribution in [2.24, 2.45) is 0 Å². The monoisotopic (exact) mass is 352 g/mol. The minimum atomic E-state index is 0.724. The topological polar surface area (TPSA) is 35.0 Å². The molecule has 3 heteroatoms. The quantitative estimate of drug-likeness (QED) is 0.466. The van der Waals surface area contributed by atoms with Gasteiger partial charge < -0.3 is 4.74 Å². The lowest BCUT2D eigenvalue weighted by Crippen LogP contribution is -1.96. The van der Waals surface area contributed by atoms with E-state index in [2.05, 4.69) is 25.1 Å². The zero-order chi connectivity index (χ0) is 18.6. The number of aryl methyl sites for hydroxylation is 1. The molecule has 0 amide bonds. The largest absolute Gasteiger partial charge is 0.497 e. The first-order valence-electron chi connectivity index (χ1n) is 8.89. The van der Waals surface area contributed by atoms with Gasteiger partial charge in [0.05, 0.1) is 18.5 Å². The maximum atomic E-state index is 5.27. The highest BCUT2D eigenvalue weighted by Gasteiger charge is 2.11. The van der Waals surface area contributed by atoms with Crippen molar-refractivity contribution in [3.05, 3.63) is 90.5 Å². The fourth-order valence-corrected chi connectivity index (χ4v) is 3.07. The van der Waals surface area contributed by atoms with Gasteiger partial charge in [-0.25, -0.2) is 9.97 Å². The van der Waals surface area contributed by atoms with Crippen molar-refractivity contribution in [2.75, 3.05) is 7.11 Å². The van der Waals surface area contributed by atoms with Crippen LogP contribution in [0, 0.1) is 6.92 Å². The number of rotatable bonds is 4. The predicted molar refractivity (Wildman–Crippen MR) is 110 cm³/mol. The fraction of sp³-hybridized carbons (Fsp3) is 0.0833. The van der Waals surface area contributed by atoms with E-state index in [0.717, 1.165) is 39.7 Å². The van der Waals surface area contributed by atoms with Crippen molar-refractivity contribution >= 4 is 0 Å². The molecule has 0 aliphatic heterocycles. The molecule has 0 bridgehead atoms. The van der Waals surface area contributed by atoms with E-state index in [-0.39, 0.29) is 0 Å². The van der Waals surface area contributed by atoms with Crippen LogP contribution >= 0.6 is 0 Å². The Bertz CT molecular complexity index is 1060. The van der Waals surface area contributed by atoms with Gasteiger partial charge in [0.25, 0.3) is 0 Å². The summed E-state index contributed by atoms with van der Waals surface area (Å²) >= 11 is 0. The number of nitrogens with zero attached hydrogens (tertiary/aromatic N) is 2. The molecule has 0 aliphatic carbocycles. The maximum absolute atomic E-state index is 5.27. The Morgan fingerprint density at radius 3 is 2.04 bits per heavy atom. The molecule has 0 spiro atoms. The number of hydrogen-bond donors (Lipinski definition) is 0. The lowest BCUT2D eigenvalue weighted by molar-refractivity contribution is 0.415. The molecule has 3 nitrogen and oxygen atoms in total. The van der Waals surface area contributed by atoms with Crippen LogP contribution in [0.2, 0.25) is 0 Å². The molecule has 0 saturated carbocycles. The van der Waals surface area contributed by atoms with Crippen molar-refractivity contribution in [2.45, 2.75) is 6.92 Å². The van der Waals surface area contributed by atoms with Gasteiger partial charge in [-0.05, 0) is 42.8 Å². The van der Waals surface area contributed by atoms with Crippen LogP contribution in [-0.4, -0.2) is 17.1 Å². The van der Waals surface area contributed by atoms with Crippen LogP contribution in [-0.2, 0) is 0 Å². The molecule has 3 aromatic carbocycles. The lowest BCUT2D eigenvalue weighted by Gasteiger charge is -2.11. The van der Waals surface area contributed by atoms with Crippen LogP contribution in [0.4, 0.5) is 0 Å². The average Bonchev–Trinajstić information content (AvgIpc) is 2.74. The Morgan fingerprint density at radius 2 is 1.33 bits per heavy atom. The van der Waals surface area contributed by atoms with Crippen LogP contribution in [0.5, 0.6) is 5.75 Å². The third-order valence-electron chi connectivity index (χ3n) is 4.56. The van der Waals surface area contributed by atoms with E-state index in [0.29, 0.717) is 0 Å². The second kappa shape index (κ2) is 7.42. The van der Waals surface area contributed by atoms with Gasteiger partial charge in [0.15, 0.2) is 5.82 Å². The summed E-state index contributed by atoms with van der Waals surface area (Å²) in [4.78, 5) is 9.69. The predicted octanol–water partition coefficient (Wildman–Crippen LogP) is 5.79. The number of methoxy groups -OCH3 is 1. The van der Waals surface area contributed by atoms with Gasteiger partial charge in [0, 0.05) is 16.7 Å². The van der Waals surface area contributed by atoms with Gasteiger partial charge in [-0.1, -0.05) is 54.6 Å². The molecule has 0 aliphatic rings. The normalized spacial score (nSPS) is 10.6. The van der Waals surface area contributed by atoms with E-state index in [1.54, 1.807) is 7.11 Å². The standard InChI is InChI=1S/C24H20N2O/c1-17-8-6-7-11-21(17)23-16-22(18-12-14-20(27-2)15-13-18)25-24(26-23)19-9-4-3-5-10-19/h3-16H,1-2H3. The number of ether oxygens (including phenoxy) is 1. The molecule has 132 valence electrons. The zero-order valence-corrected chi connectivity index (χ0v) is 15.4. The Kier molecular flexibility index (Phi) is 4.67. The van der Waals surface area contributed by atoms with E-state index in [4.69, 9.17) is 14.7 Å². The Hall–Kier alpha value is -3.46. The summed E-state index contributed by atoms with van der Waals surface area (Å²) in [5.74, 6) is 1.55. The lowest BCUT2D eigenvalue weighted by atomic mass is 10.0. The van der Waals surface area contributed by atoms with E-state index in [1.807, 2.05) is 66.7 Å². The SMILES string of the molecule is COc1ccc(-c2cc(-c3ccccc3C)nc(-c3ccccc3)n2)cc1. The number of benzene rings is 3. The van der Waals surface area contributed by atoms with Crippen LogP contribution < -0.4 is 4.74 Å². The van der Waals surface area contributed by atoms with E-state index < -0.39 is 0 Å². The summed E-state index contributed by atoms with van der Waals surface area (Å²) in [5, 5.41) is 0. The molecule has 0 fully saturated rings. The highest BCUT2D eigenvalue weighted by molar-refractivity contribution is 5.73. The molecule has 4 rings (SSSR count). The molecule has 0 N–H and O–H groups in total. The van der Waals surface area contributed by atoms with Crippen LogP contribution in [0.25, 0.3) is 33.9 Å². The zero-order valence-electron chi connectivity index (χ0n) is 15.4. The van der Waals surface area contributed by atoms with Crippen molar-refractivity contribution in [1.29, 1.82) is 0 Å². The van der Waals surface area contributed by atoms with Gasteiger partial charge in [-0.15, -0.1) is 0 Å². The Labute approximate surface area is 159 Å². The van der Waals surface area contributed by atoms with Gasteiger partial charge in [-0.2, -0.15) is 0 Å². The van der Waals surface area contributed by atoms with Crippen molar-refractivity contribution in [3.63, 3.8) is 0 Å². The molecule has 1 heterocycles. The van der Waals surface area contributed by atoms with E-state index in [9.17, 15) is 0 Å². The molecular formula is C24H20N2O. The average molecular weight is 352 g/mol. The molecule has 0 saturated heterocycles. The van der Waals surface area contributed by atoms with Crippen molar-refractivity contribution in [3.8, 4) is 39.7 Å². The number of hydrogen-bond acceptors (Lipinski definition) is 3. The number of aromatic nitrogens is 2. The fourth-order valence-electron chi connectivity index (χ4n) is 3.07. The van der Waals surface area contributed by atoms with Crippen LogP contribution in [0.1, 0.15) is 5.56 Å². The first-order chi connectivity index (χ1) is 13.2.